The Hall–Kier alpha value is -2.27. The molecular formula is C20H21N3OS. The monoisotopic (exact) mass is 351 g/mol. The van der Waals surface area contributed by atoms with Crippen molar-refractivity contribution in [1.82, 2.24) is 14.3 Å². The van der Waals surface area contributed by atoms with E-state index in [2.05, 4.69) is 16.3 Å². The van der Waals surface area contributed by atoms with E-state index in [1.54, 1.807) is 11.8 Å². The van der Waals surface area contributed by atoms with Crippen molar-refractivity contribution in [3.63, 3.8) is 0 Å². The summed E-state index contributed by atoms with van der Waals surface area (Å²) in [5, 5.41) is 0. The van der Waals surface area contributed by atoms with Gasteiger partial charge >= 0.3 is 0 Å². The number of thioether (sulfide) groups is 1. The molecular weight excluding hydrogens is 330 g/mol. The average Bonchev–Trinajstić information content (AvgIpc) is 3.41. The van der Waals surface area contributed by atoms with Crippen LogP contribution in [0.2, 0.25) is 0 Å². The number of imidazole rings is 1. The van der Waals surface area contributed by atoms with Crippen LogP contribution in [-0.4, -0.2) is 32.0 Å². The SMILES string of the molecule is CCSc1ccccc1C(=O)N(Cc1cnc2ccccn12)C1CC1. The first kappa shape index (κ1) is 16.2. The number of hydrogen-bond acceptors (Lipinski definition) is 3. The quantitative estimate of drug-likeness (QED) is 0.623. The van der Waals surface area contributed by atoms with Crippen molar-refractivity contribution in [1.29, 1.82) is 0 Å². The highest BCUT2D eigenvalue weighted by Gasteiger charge is 2.34. The second kappa shape index (κ2) is 6.92. The molecule has 0 N–H and O–H groups in total. The van der Waals surface area contributed by atoms with Crippen LogP contribution >= 0.6 is 11.8 Å². The van der Waals surface area contributed by atoms with Gasteiger partial charge in [0.1, 0.15) is 5.65 Å². The zero-order valence-electron chi connectivity index (χ0n) is 14.3. The Bertz CT molecular complexity index is 901. The van der Waals surface area contributed by atoms with Crippen molar-refractivity contribution in [2.24, 2.45) is 0 Å². The summed E-state index contributed by atoms with van der Waals surface area (Å²) in [5.41, 5.74) is 2.79. The van der Waals surface area contributed by atoms with Gasteiger partial charge in [-0.25, -0.2) is 4.98 Å². The Kier molecular flexibility index (Phi) is 4.49. The fourth-order valence-electron chi connectivity index (χ4n) is 3.11. The molecule has 3 aromatic rings. The molecule has 0 spiro atoms. The molecule has 0 atom stereocenters. The summed E-state index contributed by atoms with van der Waals surface area (Å²) in [6.45, 7) is 2.71. The first-order valence-corrected chi connectivity index (χ1v) is 9.70. The third kappa shape index (κ3) is 3.29. The maximum atomic E-state index is 13.3. The van der Waals surface area contributed by atoms with Crippen LogP contribution in [0.3, 0.4) is 0 Å². The zero-order chi connectivity index (χ0) is 17.2. The predicted octanol–water partition coefficient (Wildman–Crippen LogP) is 4.25. The molecule has 1 saturated carbocycles. The Labute approximate surface area is 151 Å². The number of aromatic nitrogens is 2. The summed E-state index contributed by atoms with van der Waals surface area (Å²) in [7, 11) is 0. The second-order valence-electron chi connectivity index (χ2n) is 6.27. The largest absolute Gasteiger partial charge is 0.330 e. The molecule has 0 unspecified atom stereocenters. The summed E-state index contributed by atoms with van der Waals surface area (Å²) in [5.74, 6) is 1.09. The summed E-state index contributed by atoms with van der Waals surface area (Å²) >= 11 is 1.73. The van der Waals surface area contributed by atoms with Crippen LogP contribution in [-0.2, 0) is 6.54 Å². The number of rotatable bonds is 6. The number of carbonyl (C=O) groups excluding carboxylic acids is 1. The van der Waals surface area contributed by atoms with Crippen molar-refractivity contribution >= 4 is 23.3 Å². The van der Waals surface area contributed by atoms with Gasteiger partial charge in [0, 0.05) is 17.1 Å². The van der Waals surface area contributed by atoms with Gasteiger partial charge in [-0.1, -0.05) is 25.1 Å². The minimum absolute atomic E-state index is 0.130. The first-order valence-electron chi connectivity index (χ1n) is 8.71. The van der Waals surface area contributed by atoms with Crippen LogP contribution in [0.5, 0.6) is 0 Å². The van der Waals surface area contributed by atoms with Crippen molar-refractivity contribution in [3.8, 4) is 0 Å². The number of carbonyl (C=O) groups is 1. The van der Waals surface area contributed by atoms with Gasteiger partial charge in [-0.05, 0) is 42.9 Å². The van der Waals surface area contributed by atoms with Gasteiger partial charge in [-0.2, -0.15) is 0 Å². The molecule has 1 aliphatic carbocycles. The fourth-order valence-corrected chi connectivity index (χ4v) is 3.91. The number of pyridine rings is 1. The predicted molar refractivity (Wildman–Crippen MR) is 101 cm³/mol. The maximum absolute atomic E-state index is 13.3. The van der Waals surface area contributed by atoms with E-state index in [1.807, 2.05) is 59.8 Å². The van der Waals surface area contributed by atoms with Gasteiger partial charge in [0.15, 0.2) is 0 Å². The van der Waals surface area contributed by atoms with E-state index in [9.17, 15) is 4.79 Å². The highest BCUT2D eigenvalue weighted by atomic mass is 32.2. The summed E-state index contributed by atoms with van der Waals surface area (Å²) < 4.78 is 2.06. The zero-order valence-corrected chi connectivity index (χ0v) is 15.1. The molecule has 128 valence electrons. The molecule has 1 fully saturated rings. The third-order valence-corrected chi connectivity index (χ3v) is 5.45. The molecule has 4 rings (SSSR count). The lowest BCUT2D eigenvalue weighted by Crippen LogP contribution is -2.33. The average molecular weight is 351 g/mol. The Balaban J connectivity index is 1.65. The topological polar surface area (TPSA) is 37.6 Å². The molecule has 0 bridgehead atoms. The molecule has 5 heteroatoms. The molecule has 2 heterocycles. The minimum atomic E-state index is 0.130. The standard InChI is InChI=1S/C20H21N3OS/c1-2-25-18-8-4-3-7-17(18)20(24)23(15-10-11-15)14-16-13-21-19-9-5-6-12-22(16)19/h3-9,12-13,15H,2,10-11,14H2,1H3. The third-order valence-electron chi connectivity index (χ3n) is 4.49. The van der Waals surface area contributed by atoms with Crippen LogP contribution in [0.15, 0.2) is 59.8 Å². The van der Waals surface area contributed by atoms with E-state index in [0.717, 1.165) is 40.4 Å². The summed E-state index contributed by atoms with van der Waals surface area (Å²) in [6.07, 6.45) is 6.07. The van der Waals surface area contributed by atoms with Gasteiger partial charge < -0.3 is 9.30 Å². The summed E-state index contributed by atoms with van der Waals surface area (Å²) in [4.78, 5) is 20.8. The van der Waals surface area contributed by atoms with Crippen LogP contribution in [0, 0.1) is 0 Å². The van der Waals surface area contributed by atoms with Gasteiger partial charge in [-0.3, -0.25) is 4.79 Å². The highest BCUT2D eigenvalue weighted by Crippen LogP contribution is 2.32. The van der Waals surface area contributed by atoms with E-state index < -0.39 is 0 Å². The summed E-state index contributed by atoms with van der Waals surface area (Å²) in [6, 6.07) is 14.3. The molecule has 0 saturated heterocycles. The van der Waals surface area contributed by atoms with E-state index in [4.69, 9.17) is 0 Å². The van der Waals surface area contributed by atoms with E-state index >= 15 is 0 Å². The maximum Gasteiger partial charge on any atom is 0.255 e. The minimum Gasteiger partial charge on any atom is -0.330 e. The van der Waals surface area contributed by atoms with Crippen LogP contribution in [0.25, 0.3) is 5.65 Å². The van der Waals surface area contributed by atoms with E-state index in [1.165, 1.54) is 0 Å². The molecule has 1 amide bonds. The second-order valence-corrected chi connectivity index (χ2v) is 7.58. The number of nitrogens with zero attached hydrogens (tertiary/aromatic N) is 3. The molecule has 1 aromatic carbocycles. The van der Waals surface area contributed by atoms with Crippen molar-refractivity contribution in [2.45, 2.75) is 37.2 Å². The lowest BCUT2D eigenvalue weighted by molar-refractivity contribution is 0.0724. The molecule has 25 heavy (non-hydrogen) atoms. The lowest BCUT2D eigenvalue weighted by atomic mass is 10.2. The van der Waals surface area contributed by atoms with E-state index in [0.29, 0.717) is 12.6 Å². The first-order chi connectivity index (χ1) is 12.3. The Morgan fingerprint density at radius 1 is 1.24 bits per heavy atom. The van der Waals surface area contributed by atoms with Crippen LogP contribution in [0.1, 0.15) is 35.8 Å². The number of benzene rings is 1. The van der Waals surface area contributed by atoms with Gasteiger partial charge in [-0.15, -0.1) is 11.8 Å². The van der Waals surface area contributed by atoms with Gasteiger partial charge in [0.05, 0.1) is 24.0 Å². The lowest BCUT2D eigenvalue weighted by Gasteiger charge is -2.23. The van der Waals surface area contributed by atoms with Crippen LogP contribution in [0.4, 0.5) is 0 Å². The van der Waals surface area contributed by atoms with E-state index in [-0.39, 0.29) is 5.91 Å². The number of hydrogen-bond donors (Lipinski definition) is 0. The molecule has 4 nitrogen and oxygen atoms in total. The van der Waals surface area contributed by atoms with Crippen molar-refractivity contribution in [2.75, 3.05) is 5.75 Å². The Morgan fingerprint density at radius 2 is 2.04 bits per heavy atom. The molecule has 1 aliphatic rings. The molecule has 0 radical (unpaired) electrons. The van der Waals surface area contributed by atoms with Crippen LogP contribution < -0.4 is 0 Å². The van der Waals surface area contributed by atoms with Gasteiger partial charge in [0.25, 0.3) is 5.91 Å². The highest BCUT2D eigenvalue weighted by molar-refractivity contribution is 7.99. The smallest absolute Gasteiger partial charge is 0.255 e. The number of fused-ring (bicyclic) bond motifs is 1. The Morgan fingerprint density at radius 3 is 2.84 bits per heavy atom. The normalized spacial score (nSPS) is 14.0. The molecule has 2 aromatic heterocycles. The fraction of sp³-hybridized carbons (Fsp3) is 0.300. The van der Waals surface area contributed by atoms with Gasteiger partial charge in [0.2, 0.25) is 0 Å². The van der Waals surface area contributed by atoms with Crippen molar-refractivity contribution in [3.05, 3.63) is 66.1 Å². The van der Waals surface area contributed by atoms with Crippen molar-refractivity contribution < 1.29 is 4.79 Å². The molecule has 0 aliphatic heterocycles. The number of amides is 1.